The average Bonchev–Trinajstić information content (AvgIpc) is 2.16. The van der Waals surface area contributed by atoms with Crippen molar-refractivity contribution in [3.63, 3.8) is 0 Å². The molecule has 0 aliphatic carbocycles. The van der Waals surface area contributed by atoms with Crippen molar-refractivity contribution in [3.05, 3.63) is 12.2 Å². The second kappa shape index (κ2) is 3.73. The smallest absolute Gasteiger partial charge is 0.311 e. The molecule has 1 rings (SSSR count). The van der Waals surface area contributed by atoms with Gasteiger partial charge >= 0.3 is 6.18 Å². The van der Waals surface area contributed by atoms with E-state index in [1.807, 2.05) is 6.08 Å². The Morgan fingerprint density at radius 1 is 1.36 bits per heavy atom. The molecule has 1 atom stereocenters. The SMILES string of the molecule is CC(C=N)(N1CC=CCC1)C(F)(F)F. The normalized spacial score (nSPS) is 23.1. The van der Waals surface area contributed by atoms with Crippen molar-refractivity contribution >= 4 is 6.21 Å². The molecule has 1 unspecified atom stereocenters. The summed E-state index contributed by atoms with van der Waals surface area (Å²) >= 11 is 0. The van der Waals surface area contributed by atoms with E-state index >= 15 is 0 Å². The van der Waals surface area contributed by atoms with E-state index < -0.39 is 11.7 Å². The van der Waals surface area contributed by atoms with Crippen molar-refractivity contribution in [2.24, 2.45) is 0 Å². The summed E-state index contributed by atoms with van der Waals surface area (Å²) < 4.78 is 38.0. The first kappa shape index (κ1) is 11.2. The van der Waals surface area contributed by atoms with Gasteiger partial charge in [-0.2, -0.15) is 13.2 Å². The highest BCUT2D eigenvalue weighted by Gasteiger charge is 2.53. The number of hydrogen-bond donors (Lipinski definition) is 1. The second-order valence-electron chi connectivity index (χ2n) is 3.50. The maximum absolute atomic E-state index is 12.7. The van der Waals surface area contributed by atoms with Gasteiger partial charge in [-0.15, -0.1) is 0 Å². The summed E-state index contributed by atoms with van der Waals surface area (Å²) in [6.07, 6.45) is 0.264. The predicted molar refractivity (Wildman–Crippen MR) is 48.6 cm³/mol. The highest BCUT2D eigenvalue weighted by molar-refractivity contribution is 5.68. The maximum atomic E-state index is 12.7. The van der Waals surface area contributed by atoms with Gasteiger partial charge in [0.15, 0.2) is 0 Å². The van der Waals surface area contributed by atoms with E-state index in [1.54, 1.807) is 6.08 Å². The Labute approximate surface area is 80.9 Å². The van der Waals surface area contributed by atoms with Gasteiger partial charge in [0.05, 0.1) is 0 Å². The van der Waals surface area contributed by atoms with Gasteiger partial charge in [-0.1, -0.05) is 12.2 Å². The summed E-state index contributed by atoms with van der Waals surface area (Å²) in [5, 5.41) is 6.94. The molecule has 0 saturated heterocycles. The molecule has 2 nitrogen and oxygen atoms in total. The third-order valence-corrected chi connectivity index (χ3v) is 2.57. The van der Waals surface area contributed by atoms with Gasteiger partial charge in [-0.3, -0.25) is 4.90 Å². The lowest BCUT2D eigenvalue weighted by Gasteiger charge is -2.40. The van der Waals surface area contributed by atoms with E-state index in [-0.39, 0.29) is 6.54 Å². The van der Waals surface area contributed by atoms with Gasteiger partial charge in [-0.25, -0.2) is 0 Å². The molecule has 80 valence electrons. The Morgan fingerprint density at radius 3 is 2.36 bits per heavy atom. The van der Waals surface area contributed by atoms with Gasteiger partial charge in [-0.05, 0) is 13.3 Å². The van der Waals surface area contributed by atoms with Crippen LogP contribution in [-0.2, 0) is 0 Å². The number of hydrogen-bond acceptors (Lipinski definition) is 2. The fraction of sp³-hybridized carbons (Fsp3) is 0.667. The molecule has 0 aromatic rings. The van der Waals surface area contributed by atoms with Crippen LogP contribution in [0.5, 0.6) is 0 Å². The third kappa shape index (κ3) is 1.82. The Bertz CT molecular complexity index is 247. The first-order valence-electron chi connectivity index (χ1n) is 4.40. The molecule has 0 amide bonds. The van der Waals surface area contributed by atoms with Crippen molar-refractivity contribution in [1.29, 1.82) is 5.41 Å². The molecular weight excluding hydrogens is 193 g/mol. The van der Waals surface area contributed by atoms with Crippen molar-refractivity contribution in [2.45, 2.75) is 25.1 Å². The fourth-order valence-electron chi connectivity index (χ4n) is 1.42. The van der Waals surface area contributed by atoms with Crippen LogP contribution in [-0.4, -0.2) is 35.9 Å². The van der Waals surface area contributed by atoms with Gasteiger partial charge in [0.2, 0.25) is 0 Å². The van der Waals surface area contributed by atoms with E-state index in [2.05, 4.69) is 0 Å². The Hall–Kier alpha value is -0.840. The van der Waals surface area contributed by atoms with Crippen LogP contribution < -0.4 is 0 Å². The Balaban J connectivity index is 2.89. The van der Waals surface area contributed by atoms with E-state index in [9.17, 15) is 13.2 Å². The molecule has 0 fully saturated rings. The summed E-state index contributed by atoms with van der Waals surface area (Å²) in [6, 6.07) is 0. The summed E-state index contributed by atoms with van der Waals surface area (Å²) in [5.41, 5.74) is -2.13. The number of nitrogens with zero attached hydrogens (tertiary/aromatic N) is 1. The molecule has 0 bridgehead atoms. The summed E-state index contributed by atoms with van der Waals surface area (Å²) in [6.45, 7) is 1.65. The molecule has 0 saturated carbocycles. The standard InChI is InChI=1S/C9H13F3N2/c1-8(7-13,9(10,11)12)14-5-3-2-4-6-14/h2-3,7,13H,4-6H2,1H3. The first-order chi connectivity index (χ1) is 6.42. The first-order valence-corrected chi connectivity index (χ1v) is 4.40. The number of rotatable bonds is 2. The zero-order chi connectivity index (χ0) is 10.8. The van der Waals surface area contributed by atoms with Crippen molar-refractivity contribution in [2.75, 3.05) is 13.1 Å². The highest BCUT2D eigenvalue weighted by atomic mass is 19.4. The molecule has 0 aromatic heterocycles. The van der Waals surface area contributed by atoms with Crippen LogP contribution in [0.4, 0.5) is 13.2 Å². The van der Waals surface area contributed by atoms with Crippen LogP contribution >= 0.6 is 0 Å². The second-order valence-corrected chi connectivity index (χ2v) is 3.50. The summed E-state index contributed by atoms with van der Waals surface area (Å²) in [7, 11) is 0. The molecule has 5 heteroatoms. The highest BCUT2D eigenvalue weighted by Crippen LogP contribution is 2.34. The van der Waals surface area contributed by atoms with Crippen LogP contribution in [0, 0.1) is 5.41 Å². The van der Waals surface area contributed by atoms with Gasteiger partial charge in [0.1, 0.15) is 5.54 Å². The molecule has 1 aliphatic heterocycles. The zero-order valence-corrected chi connectivity index (χ0v) is 7.93. The summed E-state index contributed by atoms with van der Waals surface area (Å²) in [5.74, 6) is 0. The molecule has 1 aliphatic rings. The minimum Gasteiger partial charge on any atom is -0.311 e. The summed E-state index contributed by atoms with van der Waals surface area (Å²) in [4.78, 5) is 1.26. The van der Waals surface area contributed by atoms with Crippen LogP contribution in [0.1, 0.15) is 13.3 Å². The van der Waals surface area contributed by atoms with E-state index in [1.165, 1.54) is 4.90 Å². The predicted octanol–water partition coefficient (Wildman–Crippen LogP) is 2.22. The lowest BCUT2D eigenvalue weighted by atomic mass is 9.99. The van der Waals surface area contributed by atoms with Gasteiger partial charge in [0.25, 0.3) is 0 Å². The van der Waals surface area contributed by atoms with E-state index in [0.717, 1.165) is 6.92 Å². The maximum Gasteiger partial charge on any atom is 0.411 e. The zero-order valence-electron chi connectivity index (χ0n) is 7.93. The van der Waals surface area contributed by atoms with Crippen molar-refractivity contribution in [1.82, 2.24) is 4.90 Å². The fourth-order valence-corrected chi connectivity index (χ4v) is 1.42. The average molecular weight is 206 g/mol. The molecule has 0 aromatic carbocycles. The van der Waals surface area contributed by atoms with E-state index in [4.69, 9.17) is 5.41 Å². The van der Waals surface area contributed by atoms with Gasteiger partial charge in [0, 0.05) is 19.3 Å². The molecule has 1 N–H and O–H groups in total. The largest absolute Gasteiger partial charge is 0.411 e. The van der Waals surface area contributed by atoms with Crippen molar-refractivity contribution < 1.29 is 13.2 Å². The Morgan fingerprint density at radius 2 is 2.00 bits per heavy atom. The minimum atomic E-state index is -4.39. The number of alkyl halides is 3. The van der Waals surface area contributed by atoms with Crippen LogP contribution in [0.2, 0.25) is 0 Å². The van der Waals surface area contributed by atoms with E-state index in [0.29, 0.717) is 19.2 Å². The quantitative estimate of drug-likeness (QED) is 0.544. The number of halogens is 3. The van der Waals surface area contributed by atoms with Gasteiger partial charge < -0.3 is 5.41 Å². The Kier molecular flexibility index (Phi) is 2.99. The monoisotopic (exact) mass is 206 g/mol. The molecule has 0 radical (unpaired) electrons. The van der Waals surface area contributed by atoms with Crippen LogP contribution in [0.15, 0.2) is 12.2 Å². The van der Waals surface area contributed by atoms with Crippen LogP contribution in [0.3, 0.4) is 0 Å². The molecule has 1 heterocycles. The lowest BCUT2D eigenvalue weighted by Crippen LogP contribution is -2.58. The molecular formula is C9H13F3N2. The lowest BCUT2D eigenvalue weighted by molar-refractivity contribution is -0.198. The minimum absolute atomic E-state index is 0.255. The number of nitrogens with one attached hydrogen (secondary N) is 1. The molecule has 14 heavy (non-hydrogen) atoms. The van der Waals surface area contributed by atoms with Crippen LogP contribution in [0.25, 0.3) is 0 Å². The topological polar surface area (TPSA) is 27.1 Å². The third-order valence-electron chi connectivity index (χ3n) is 2.57. The van der Waals surface area contributed by atoms with Crippen molar-refractivity contribution in [3.8, 4) is 0 Å². The molecule has 0 spiro atoms.